The number of benzene rings is 1. The minimum Gasteiger partial charge on any atom is -0.331 e. The lowest BCUT2D eigenvalue weighted by molar-refractivity contribution is 0.122. The van der Waals surface area contributed by atoms with Gasteiger partial charge in [-0.25, -0.2) is 22.9 Å². The molecule has 2 unspecified atom stereocenters. The summed E-state index contributed by atoms with van der Waals surface area (Å²) in [7, 11) is -3.54. The zero-order chi connectivity index (χ0) is 27.5. The molecule has 2 amide bonds. The van der Waals surface area contributed by atoms with E-state index in [-0.39, 0.29) is 30.4 Å². The number of rotatable bonds is 14. The van der Waals surface area contributed by atoms with Gasteiger partial charge in [-0.1, -0.05) is 44.2 Å². The first-order valence-corrected chi connectivity index (χ1v) is 15.6. The zero-order valence-electron chi connectivity index (χ0n) is 23.3. The van der Waals surface area contributed by atoms with Crippen LogP contribution in [0.3, 0.4) is 0 Å². The highest BCUT2D eigenvalue weighted by molar-refractivity contribution is 7.89. The van der Waals surface area contributed by atoms with Crippen LogP contribution in [0.1, 0.15) is 83.1 Å². The van der Waals surface area contributed by atoms with Crippen LogP contribution in [0.25, 0.3) is 0 Å². The predicted octanol–water partition coefficient (Wildman–Crippen LogP) is 3.60. The fourth-order valence-corrected chi connectivity index (χ4v) is 6.39. The molecule has 1 aliphatic heterocycles. The van der Waals surface area contributed by atoms with Crippen molar-refractivity contribution >= 4 is 16.1 Å². The minimum atomic E-state index is -3.54. The third-order valence-electron chi connectivity index (χ3n) is 7.36. The van der Waals surface area contributed by atoms with Gasteiger partial charge in [0, 0.05) is 12.1 Å². The Kier molecular flexibility index (Phi) is 11.5. The maximum absolute atomic E-state index is 13.0. The second-order valence-corrected chi connectivity index (χ2v) is 12.1. The standard InChI is InChI=1S/C27H45N7O3S/c1-5-33(6-2)18-11-19-38(36,37)32-24(17-16-23-14-8-7-9-15-23)26-29-25(30-31-26)20-28-27(35)34-21(3)12-10-13-22(34)4/h7-9,14-15,21-22,24,32H,5-6,10-13,16-20H2,1-4H3,(H,28,35)(H,29,30,31)/t21?,22?,24-/m1/s1. The highest BCUT2D eigenvalue weighted by Gasteiger charge is 2.29. The minimum absolute atomic E-state index is 0.0465. The molecule has 1 saturated heterocycles. The Balaban J connectivity index is 1.65. The second-order valence-electron chi connectivity index (χ2n) is 10.2. The van der Waals surface area contributed by atoms with Gasteiger partial charge in [0.05, 0.1) is 18.3 Å². The van der Waals surface area contributed by atoms with E-state index in [0.29, 0.717) is 30.9 Å². The van der Waals surface area contributed by atoms with Gasteiger partial charge in [0.2, 0.25) is 10.0 Å². The van der Waals surface area contributed by atoms with Crippen molar-refractivity contribution in [3.05, 3.63) is 47.5 Å². The average Bonchev–Trinajstić information content (AvgIpc) is 3.37. The number of aromatic nitrogens is 3. The molecule has 10 nitrogen and oxygen atoms in total. The molecule has 3 N–H and O–H groups in total. The number of nitrogens with zero attached hydrogens (tertiary/aromatic N) is 4. The number of nitrogens with one attached hydrogen (secondary N) is 3. The number of H-pyrrole nitrogens is 1. The van der Waals surface area contributed by atoms with E-state index in [1.54, 1.807) is 0 Å². The van der Waals surface area contributed by atoms with E-state index in [1.807, 2.05) is 35.2 Å². The molecule has 212 valence electrons. The van der Waals surface area contributed by atoms with Gasteiger partial charge in [0.1, 0.15) is 5.82 Å². The largest absolute Gasteiger partial charge is 0.331 e. The number of carbonyl (C=O) groups excluding carboxylic acids is 1. The summed E-state index contributed by atoms with van der Waals surface area (Å²) in [4.78, 5) is 21.5. The lowest BCUT2D eigenvalue weighted by Crippen LogP contribution is -2.51. The van der Waals surface area contributed by atoms with Crippen LogP contribution < -0.4 is 10.0 Å². The van der Waals surface area contributed by atoms with E-state index in [9.17, 15) is 13.2 Å². The van der Waals surface area contributed by atoms with Gasteiger partial charge in [0.15, 0.2) is 5.82 Å². The highest BCUT2D eigenvalue weighted by atomic mass is 32.2. The van der Waals surface area contributed by atoms with Crippen LogP contribution in [0.4, 0.5) is 4.79 Å². The molecule has 1 aliphatic rings. The number of aryl methyl sites for hydroxylation is 1. The molecule has 0 radical (unpaired) electrons. The molecule has 1 aromatic carbocycles. The fourth-order valence-electron chi connectivity index (χ4n) is 5.11. The van der Waals surface area contributed by atoms with Crippen molar-refractivity contribution in [1.82, 2.24) is 35.0 Å². The molecule has 3 atom stereocenters. The van der Waals surface area contributed by atoms with Crippen molar-refractivity contribution < 1.29 is 13.2 Å². The van der Waals surface area contributed by atoms with Crippen molar-refractivity contribution in [2.45, 2.75) is 90.9 Å². The number of likely N-dealkylation sites (tertiary alicyclic amines) is 1. The van der Waals surface area contributed by atoms with Crippen LogP contribution in [0.2, 0.25) is 0 Å². The fraction of sp³-hybridized carbons (Fsp3) is 0.667. The van der Waals surface area contributed by atoms with Gasteiger partial charge in [-0.2, -0.15) is 5.10 Å². The van der Waals surface area contributed by atoms with Gasteiger partial charge >= 0.3 is 6.03 Å². The van der Waals surface area contributed by atoms with E-state index in [2.05, 4.69) is 57.8 Å². The number of sulfonamides is 1. The maximum atomic E-state index is 13.0. The Bertz CT molecular complexity index is 1080. The molecule has 11 heteroatoms. The van der Waals surface area contributed by atoms with Crippen molar-refractivity contribution in [3.63, 3.8) is 0 Å². The summed E-state index contributed by atoms with van der Waals surface area (Å²) < 4.78 is 28.8. The molecule has 1 fully saturated rings. The first-order valence-electron chi connectivity index (χ1n) is 14.0. The molecule has 3 rings (SSSR count). The van der Waals surface area contributed by atoms with Gasteiger partial charge in [-0.3, -0.25) is 5.10 Å². The molecule has 0 aliphatic carbocycles. The number of hydrogen-bond donors (Lipinski definition) is 3. The van der Waals surface area contributed by atoms with E-state index in [4.69, 9.17) is 0 Å². The van der Waals surface area contributed by atoms with E-state index < -0.39 is 16.1 Å². The molecule has 0 bridgehead atoms. The third-order valence-corrected chi connectivity index (χ3v) is 8.83. The van der Waals surface area contributed by atoms with Crippen molar-refractivity contribution in [2.75, 3.05) is 25.4 Å². The molecule has 0 saturated carbocycles. The molecular formula is C27H45N7O3S. The van der Waals surface area contributed by atoms with Gasteiger partial charge in [0.25, 0.3) is 0 Å². The van der Waals surface area contributed by atoms with E-state index in [1.165, 1.54) is 0 Å². The monoisotopic (exact) mass is 547 g/mol. The molecule has 1 aromatic heterocycles. The number of piperidine rings is 1. The number of amides is 2. The van der Waals surface area contributed by atoms with Gasteiger partial charge in [-0.15, -0.1) is 0 Å². The van der Waals surface area contributed by atoms with Crippen molar-refractivity contribution in [3.8, 4) is 0 Å². The van der Waals surface area contributed by atoms with E-state index in [0.717, 1.165) is 44.5 Å². The van der Waals surface area contributed by atoms with Crippen LogP contribution in [0.15, 0.2) is 30.3 Å². The topological polar surface area (TPSA) is 123 Å². The number of hydrogen-bond acceptors (Lipinski definition) is 6. The molecule has 2 aromatic rings. The zero-order valence-corrected chi connectivity index (χ0v) is 24.1. The molecular weight excluding hydrogens is 502 g/mol. The molecule has 0 spiro atoms. The maximum Gasteiger partial charge on any atom is 0.318 e. The predicted molar refractivity (Wildman–Crippen MR) is 150 cm³/mol. The summed E-state index contributed by atoms with van der Waals surface area (Å²) in [6, 6.07) is 9.66. The Morgan fingerprint density at radius 2 is 1.84 bits per heavy atom. The van der Waals surface area contributed by atoms with Crippen LogP contribution in [-0.2, 0) is 23.0 Å². The summed E-state index contributed by atoms with van der Waals surface area (Å²) in [5.41, 5.74) is 1.12. The average molecular weight is 548 g/mol. The Labute approximate surface area is 228 Å². The van der Waals surface area contributed by atoms with Crippen molar-refractivity contribution in [2.24, 2.45) is 0 Å². The van der Waals surface area contributed by atoms with Crippen molar-refractivity contribution in [1.29, 1.82) is 0 Å². The summed E-state index contributed by atoms with van der Waals surface area (Å²) in [6.07, 6.45) is 4.89. The summed E-state index contributed by atoms with van der Waals surface area (Å²) in [5, 5.41) is 10.2. The highest BCUT2D eigenvalue weighted by Crippen LogP contribution is 2.22. The van der Waals surface area contributed by atoms with Gasteiger partial charge < -0.3 is 15.1 Å². The van der Waals surface area contributed by atoms with Crippen LogP contribution in [0.5, 0.6) is 0 Å². The quantitative estimate of drug-likeness (QED) is 0.332. The normalized spacial score (nSPS) is 19.0. The lowest BCUT2D eigenvalue weighted by Gasteiger charge is -2.38. The first-order chi connectivity index (χ1) is 18.2. The van der Waals surface area contributed by atoms with Crippen LogP contribution in [0, 0.1) is 0 Å². The Morgan fingerprint density at radius 3 is 2.50 bits per heavy atom. The Hall–Kier alpha value is -2.50. The van der Waals surface area contributed by atoms with Crippen LogP contribution in [-0.4, -0.2) is 76.9 Å². The van der Waals surface area contributed by atoms with Crippen LogP contribution >= 0.6 is 0 Å². The molecule has 38 heavy (non-hydrogen) atoms. The smallest absolute Gasteiger partial charge is 0.318 e. The lowest BCUT2D eigenvalue weighted by atomic mass is 9.98. The molecule has 2 heterocycles. The third kappa shape index (κ3) is 9.06. The summed E-state index contributed by atoms with van der Waals surface area (Å²) in [6.45, 7) is 11.0. The van der Waals surface area contributed by atoms with E-state index >= 15 is 0 Å². The number of urea groups is 1. The number of carbonyl (C=O) groups is 1. The Morgan fingerprint density at radius 1 is 1.16 bits per heavy atom. The second kappa shape index (κ2) is 14.6. The SMILES string of the molecule is CCN(CC)CCCS(=O)(=O)N[C@H](CCc1ccccc1)c1n[nH]c(CNC(=O)N2C(C)CCCC2C)n1. The summed E-state index contributed by atoms with van der Waals surface area (Å²) in [5.74, 6) is 0.929. The van der Waals surface area contributed by atoms with Gasteiger partial charge in [-0.05, 0) is 77.6 Å². The number of aromatic amines is 1. The summed E-state index contributed by atoms with van der Waals surface area (Å²) >= 11 is 0. The first kappa shape index (κ1) is 30.0.